The van der Waals surface area contributed by atoms with Gasteiger partial charge in [-0.25, -0.2) is 4.79 Å². The van der Waals surface area contributed by atoms with Crippen LogP contribution in [-0.2, 0) is 4.79 Å². The van der Waals surface area contributed by atoms with Crippen LogP contribution in [0, 0.1) is 17.3 Å². The highest BCUT2D eigenvalue weighted by Crippen LogP contribution is 2.59. The van der Waals surface area contributed by atoms with E-state index in [2.05, 4.69) is 30.6 Å². The molecule has 1 saturated heterocycles. The second-order valence-corrected chi connectivity index (χ2v) is 5.64. The summed E-state index contributed by atoms with van der Waals surface area (Å²) in [6.07, 6.45) is 4.36. The molecule has 0 aromatic carbocycles. The molecule has 16 heavy (non-hydrogen) atoms. The quantitative estimate of drug-likeness (QED) is 0.515. The van der Waals surface area contributed by atoms with Crippen LogP contribution in [-0.4, -0.2) is 18.0 Å². The fraction of sp³-hybridized carbons (Fsp3) is 0.667. The van der Waals surface area contributed by atoms with Crippen molar-refractivity contribution >= 4 is 11.9 Å². The average Bonchev–Trinajstić information content (AvgIpc) is 2.57. The first kappa shape index (κ1) is 9.87. The maximum Gasteiger partial charge on any atom is 0.322 e. The molecule has 86 valence electrons. The molecule has 0 aromatic rings. The Balaban J connectivity index is 1.89. The third kappa shape index (κ3) is 1.10. The number of urea groups is 1. The standard InChI is InChI=1S/C12H16N2O2/c1-12(2)6-3-4-7(8(12)5-6)9-10(15)14-11(16)13-9/h4,6,8-9H,3,5H2,1-2H3,(H2,13,14,15,16)/t6-,8-,9?/m0/s1. The van der Waals surface area contributed by atoms with E-state index in [-0.39, 0.29) is 17.4 Å². The molecular weight excluding hydrogens is 204 g/mol. The minimum absolute atomic E-state index is 0.197. The van der Waals surface area contributed by atoms with E-state index in [4.69, 9.17) is 0 Å². The highest BCUT2D eigenvalue weighted by molar-refractivity contribution is 6.05. The summed E-state index contributed by atoms with van der Waals surface area (Å²) < 4.78 is 0. The molecule has 0 spiro atoms. The first-order chi connectivity index (χ1) is 7.50. The third-order valence-corrected chi connectivity index (χ3v) is 4.62. The Kier molecular flexibility index (Phi) is 1.77. The molecule has 2 fully saturated rings. The lowest BCUT2D eigenvalue weighted by molar-refractivity contribution is -0.120. The summed E-state index contributed by atoms with van der Waals surface area (Å²) in [5.74, 6) is 1.01. The van der Waals surface area contributed by atoms with Crippen LogP contribution in [0.4, 0.5) is 4.79 Å². The molecule has 4 aliphatic rings. The Morgan fingerprint density at radius 1 is 1.38 bits per heavy atom. The number of hydrogen-bond donors (Lipinski definition) is 2. The monoisotopic (exact) mass is 220 g/mol. The molecule has 4 nitrogen and oxygen atoms in total. The van der Waals surface area contributed by atoms with Crippen LogP contribution in [0.2, 0.25) is 0 Å². The van der Waals surface area contributed by atoms with Crippen LogP contribution in [0.1, 0.15) is 26.7 Å². The fourth-order valence-electron chi connectivity index (χ4n) is 3.37. The number of hydrogen-bond acceptors (Lipinski definition) is 2. The zero-order chi connectivity index (χ0) is 11.5. The fourth-order valence-corrected chi connectivity index (χ4v) is 3.37. The molecule has 2 bridgehead atoms. The van der Waals surface area contributed by atoms with Gasteiger partial charge in [0.2, 0.25) is 0 Å². The zero-order valence-corrected chi connectivity index (χ0v) is 9.54. The molecule has 3 aliphatic carbocycles. The van der Waals surface area contributed by atoms with Gasteiger partial charge >= 0.3 is 6.03 Å². The molecular formula is C12H16N2O2. The Labute approximate surface area is 94.5 Å². The van der Waals surface area contributed by atoms with E-state index in [1.807, 2.05) is 0 Å². The van der Waals surface area contributed by atoms with Crippen LogP contribution in [0.5, 0.6) is 0 Å². The van der Waals surface area contributed by atoms with Crippen molar-refractivity contribution in [3.8, 4) is 0 Å². The molecule has 0 radical (unpaired) electrons. The van der Waals surface area contributed by atoms with Gasteiger partial charge in [0.15, 0.2) is 0 Å². The third-order valence-electron chi connectivity index (χ3n) is 4.62. The van der Waals surface area contributed by atoms with Crippen LogP contribution in [0.3, 0.4) is 0 Å². The maximum absolute atomic E-state index is 11.6. The van der Waals surface area contributed by atoms with Crippen LogP contribution in [0.25, 0.3) is 0 Å². The number of carbonyl (C=O) groups excluding carboxylic acids is 2. The summed E-state index contributed by atoms with van der Waals surface area (Å²) in [5, 5.41) is 5.00. The van der Waals surface area contributed by atoms with Crippen molar-refractivity contribution in [3.63, 3.8) is 0 Å². The Bertz CT molecular complexity index is 411. The Morgan fingerprint density at radius 3 is 2.62 bits per heavy atom. The van der Waals surface area contributed by atoms with Crippen molar-refractivity contribution in [2.75, 3.05) is 0 Å². The van der Waals surface area contributed by atoms with Crippen molar-refractivity contribution in [2.45, 2.75) is 32.7 Å². The molecule has 2 N–H and O–H groups in total. The summed E-state index contributed by atoms with van der Waals surface area (Å²) in [7, 11) is 0. The summed E-state index contributed by atoms with van der Waals surface area (Å²) in [6.45, 7) is 4.51. The lowest BCUT2D eigenvalue weighted by atomic mass is 9.48. The van der Waals surface area contributed by atoms with Gasteiger partial charge in [-0.05, 0) is 35.7 Å². The number of imide groups is 1. The maximum atomic E-state index is 11.6. The van der Waals surface area contributed by atoms with Gasteiger partial charge in [-0.15, -0.1) is 0 Å². The van der Waals surface area contributed by atoms with Crippen LogP contribution in [0.15, 0.2) is 11.6 Å². The summed E-state index contributed by atoms with van der Waals surface area (Å²) in [4.78, 5) is 22.7. The van der Waals surface area contributed by atoms with Gasteiger partial charge in [0.05, 0.1) is 0 Å². The highest BCUT2D eigenvalue weighted by Gasteiger charge is 2.54. The number of fused-ring (bicyclic) bond motifs is 1. The van der Waals surface area contributed by atoms with Gasteiger partial charge in [-0.1, -0.05) is 19.9 Å². The smallest absolute Gasteiger partial charge is 0.322 e. The summed E-state index contributed by atoms with van der Waals surface area (Å²) in [6, 6.07) is -0.784. The van der Waals surface area contributed by atoms with Gasteiger partial charge in [0.25, 0.3) is 5.91 Å². The predicted molar refractivity (Wildman–Crippen MR) is 58.5 cm³/mol. The Morgan fingerprint density at radius 2 is 2.12 bits per heavy atom. The molecule has 0 aromatic heterocycles. The number of allylic oxidation sites excluding steroid dienone is 1. The van der Waals surface area contributed by atoms with Crippen LogP contribution < -0.4 is 10.6 Å². The van der Waals surface area contributed by atoms with E-state index in [9.17, 15) is 9.59 Å². The van der Waals surface area contributed by atoms with Gasteiger partial charge in [-0.2, -0.15) is 0 Å². The number of nitrogens with one attached hydrogen (secondary N) is 2. The molecule has 1 heterocycles. The van der Waals surface area contributed by atoms with Gasteiger partial charge in [-0.3, -0.25) is 10.1 Å². The molecule has 1 unspecified atom stereocenters. The molecule has 3 amide bonds. The summed E-state index contributed by atoms with van der Waals surface area (Å²) in [5.41, 5.74) is 1.41. The number of amides is 3. The number of rotatable bonds is 1. The van der Waals surface area contributed by atoms with Gasteiger partial charge in [0, 0.05) is 0 Å². The van der Waals surface area contributed by atoms with E-state index in [0.717, 1.165) is 17.9 Å². The SMILES string of the molecule is CC1(C)[C@H]2CC=C(C3NC(=O)NC3=O)[C@@H]1C2. The lowest BCUT2D eigenvalue weighted by Gasteiger charge is -2.57. The van der Waals surface area contributed by atoms with Crippen molar-refractivity contribution < 1.29 is 9.59 Å². The zero-order valence-electron chi connectivity index (χ0n) is 9.54. The van der Waals surface area contributed by atoms with Crippen molar-refractivity contribution in [2.24, 2.45) is 17.3 Å². The van der Waals surface area contributed by atoms with Gasteiger partial charge in [0.1, 0.15) is 6.04 Å². The minimum atomic E-state index is -0.418. The largest absolute Gasteiger partial charge is 0.322 e. The van der Waals surface area contributed by atoms with Crippen molar-refractivity contribution in [3.05, 3.63) is 11.6 Å². The Hall–Kier alpha value is -1.32. The first-order valence-electron chi connectivity index (χ1n) is 5.81. The average molecular weight is 220 g/mol. The highest BCUT2D eigenvalue weighted by atomic mass is 16.2. The van der Waals surface area contributed by atoms with E-state index < -0.39 is 6.04 Å². The number of carbonyl (C=O) groups is 2. The van der Waals surface area contributed by atoms with E-state index >= 15 is 0 Å². The second kappa shape index (κ2) is 2.87. The molecule has 1 saturated carbocycles. The lowest BCUT2D eigenvalue weighted by Crippen LogP contribution is -2.52. The second-order valence-electron chi connectivity index (χ2n) is 5.64. The van der Waals surface area contributed by atoms with Crippen LogP contribution >= 0.6 is 0 Å². The molecule has 1 aliphatic heterocycles. The topological polar surface area (TPSA) is 58.2 Å². The molecule has 3 atom stereocenters. The van der Waals surface area contributed by atoms with Crippen molar-refractivity contribution in [1.82, 2.24) is 10.6 Å². The van der Waals surface area contributed by atoms with E-state index in [1.54, 1.807) is 0 Å². The van der Waals surface area contributed by atoms with Gasteiger partial charge < -0.3 is 5.32 Å². The minimum Gasteiger partial charge on any atom is -0.322 e. The predicted octanol–water partition coefficient (Wildman–Crippen LogP) is 1.19. The summed E-state index contributed by atoms with van der Waals surface area (Å²) >= 11 is 0. The van der Waals surface area contributed by atoms with Crippen molar-refractivity contribution in [1.29, 1.82) is 0 Å². The molecule has 4 heteroatoms. The van der Waals surface area contributed by atoms with E-state index in [1.165, 1.54) is 6.42 Å². The first-order valence-corrected chi connectivity index (χ1v) is 5.81. The van der Waals surface area contributed by atoms with E-state index in [0.29, 0.717) is 5.92 Å². The molecule has 4 rings (SSSR count). The normalized spacial score (nSPS) is 39.6.